The average molecular weight is 745 g/mol. The molecule has 0 aliphatic carbocycles. The molecule has 10 aromatic carbocycles. The van der Waals surface area contributed by atoms with Crippen molar-refractivity contribution in [2.24, 2.45) is 0 Å². The summed E-state index contributed by atoms with van der Waals surface area (Å²) >= 11 is 0. The minimum atomic E-state index is -0.00470. The van der Waals surface area contributed by atoms with Gasteiger partial charge in [0, 0.05) is 0 Å². The van der Waals surface area contributed by atoms with Crippen molar-refractivity contribution in [3.8, 4) is 44.5 Å². The van der Waals surface area contributed by atoms with Crippen LogP contribution in [-0.4, -0.2) is 0 Å². The van der Waals surface area contributed by atoms with E-state index >= 15 is 0 Å². The fourth-order valence-electron chi connectivity index (χ4n) is 9.12. The fraction of sp³-hybridized carbons (Fsp3) is 0.138. The molecule has 10 aromatic rings. The molecule has 0 amide bonds. The van der Waals surface area contributed by atoms with E-state index in [2.05, 4.69) is 224 Å². The first kappa shape index (κ1) is 35.9. The number of rotatable bonds is 4. The van der Waals surface area contributed by atoms with Crippen molar-refractivity contribution in [3.05, 3.63) is 193 Å². The normalized spacial score (nSPS) is 12.3. The smallest absolute Gasteiger partial charge is 0.00260 e. The molecule has 0 aliphatic rings. The zero-order valence-corrected chi connectivity index (χ0v) is 34.3. The summed E-state index contributed by atoms with van der Waals surface area (Å²) in [4.78, 5) is 0. The van der Waals surface area contributed by atoms with Gasteiger partial charge in [0.1, 0.15) is 0 Å². The van der Waals surface area contributed by atoms with Crippen molar-refractivity contribution in [3.63, 3.8) is 0 Å². The number of hydrogen-bond donors (Lipinski definition) is 0. The summed E-state index contributed by atoms with van der Waals surface area (Å²) in [7, 11) is 0. The predicted molar refractivity (Wildman–Crippen MR) is 253 cm³/mol. The third kappa shape index (κ3) is 6.16. The van der Waals surface area contributed by atoms with Gasteiger partial charge >= 0.3 is 0 Å². The maximum absolute atomic E-state index is 2.48. The van der Waals surface area contributed by atoms with E-state index in [4.69, 9.17) is 0 Å². The van der Waals surface area contributed by atoms with Crippen LogP contribution in [0.5, 0.6) is 0 Å². The van der Waals surface area contributed by atoms with Crippen molar-refractivity contribution in [2.75, 3.05) is 0 Å². The molecule has 0 spiro atoms. The lowest BCUT2D eigenvalue weighted by Gasteiger charge is -2.25. The molecule has 0 bridgehead atoms. The summed E-state index contributed by atoms with van der Waals surface area (Å²) in [6.07, 6.45) is 0. The lowest BCUT2D eigenvalue weighted by molar-refractivity contribution is 0.590. The SMILES string of the molecule is CC(C)(C)c1ccc2c(-c3cccc(-c4cccc5ccccc45)c3)c3cc(C(C)(C)C)ccc3c(-c3ccc(-c4ccc5c(ccc6ccccc65)c4)cc3)c2c1. The number of fused-ring (bicyclic) bond motifs is 6. The van der Waals surface area contributed by atoms with Crippen molar-refractivity contribution in [1.82, 2.24) is 0 Å². The van der Waals surface area contributed by atoms with Crippen molar-refractivity contribution >= 4 is 53.9 Å². The Bertz CT molecular complexity index is 3210. The zero-order valence-electron chi connectivity index (χ0n) is 34.3. The Hall–Kier alpha value is -6.50. The highest BCUT2D eigenvalue weighted by Gasteiger charge is 2.23. The summed E-state index contributed by atoms with van der Waals surface area (Å²) < 4.78 is 0. The van der Waals surface area contributed by atoms with Gasteiger partial charge in [0.05, 0.1) is 0 Å². The van der Waals surface area contributed by atoms with Crippen LogP contribution >= 0.6 is 0 Å². The van der Waals surface area contributed by atoms with E-state index in [1.54, 1.807) is 0 Å². The van der Waals surface area contributed by atoms with Crippen LogP contribution in [0.1, 0.15) is 52.7 Å². The lowest BCUT2D eigenvalue weighted by atomic mass is 9.79. The molecule has 0 saturated carbocycles. The van der Waals surface area contributed by atoms with E-state index in [1.165, 1.54) is 109 Å². The summed E-state index contributed by atoms with van der Waals surface area (Å²) in [5, 5.41) is 12.8. The average Bonchev–Trinajstić information content (AvgIpc) is 3.24. The van der Waals surface area contributed by atoms with E-state index in [0.717, 1.165) is 0 Å². The summed E-state index contributed by atoms with van der Waals surface area (Å²) in [5.41, 5.74) is 12.7. The zero-order chi connectivity index (χ0) is 39.8. The molecule has 10 rings (SSSR count). The molecule has 0 radical (unpaired) electrons. The van der Waals surface area contributed by atoms with Gasteiger partial charge < -0.3 is 0 Å². The van der Waals surface area contributed by atoms with Crippen LogP contribution < -0.4 is 0 Å². The minimum Gasteiger partial charge on any atom is -0.0616 e. The second-order valence-electron chi connectivity index (χ2n) is 18.2. The van der Waals surface area contributed by atoms with Gasteiger partial charge in [0.2, 0.25) is 0 Å². The molecular formula is C58H48. The first-order chi connectivity index (χ1) is 28.0. The Kier molecular flexibility index (Phi) is 8.39. The highest BCUT2D eigenvalue weighted by Crippen LogP contribution is 2.47. The van der Waals surface area contributed by atoms with Crippen molar-refractivity contribution < 1.29 is 0 Å². The highest BCUT2D eigenvalue weighted by atomic mass is 14.3. The standard InChI is InChI=1S/C58H48/c1-57(2,3)45-29-32-52-53(35-45)55(40-24-21-37(22-25-40)41-27-30-50-43(33-41)26-23-39-14-8-10-19-48(39)50)51-31-28-46(58(4,5)6)36-54(51)56(52)44-17-11-16-42(34-44)49-20-12-15-38-13-7-9-18-47(38)49/h7-36H,1-6H3. The third-order valence-corrected chi connectivity index (χ3v) is 12.4. The molecule has 58 heavy (non-hydrogen) atoms. The van der Waals surface area contributed by atoms with Crippen LogP contribution in [0.15, 0.2) is 182 Å². The first-order valence-electron chi connectivity index (χ1n) is 20.7. The van der Waals surface area contributed by atoms with E-state index in [1.807, 2.05) is 0 Å². The lowest BCUT2D eigenvalue weighted by Crippen LogP contribution is -2.11. The Morgan fingerprint density at radius 1 is 0.259 bits per heavy atom. The summed E-state index contributed by atoms with van der Waals surface area (Å²) in [5.74, 6) is 0. The Morgan fingerprint density at radius 2 is 0.741 bits per heavy atom. The van der Waals surface area contributed by atoms with E-state index in [0.29, 0.717) is 0 Å². The molecule has 0 unspecified atom stereocenters. The first-order valence-corrected chi connectivity index (χ1v) is 20.7. The molecule has 0 heterocycles. The third-order valence-electron chi connectivity index (χ3n) is 12.4. The topological polar surface area (TPSA) is 0 Å². The molecule has 0 aliphatic heterocycles. The van der Waals surface area contributed by atoms with Gasteiger partial charge in [-0.25, -0.2) is 0 Å². The van der Waals surface area contributed by atoms with Crippen LogP contribution in [0.4, 0.5) is 0 Å². The van der Waals surface area contributed by atoms with Gasteiger partial charge in [-0.2, -0.15) is 0 Å². The molecule has 280 valence electrons. The molecular weight excluding hydrogens is 697 g/mol. The Labute approximate surface area is 342 Å². The summed E-state index contributed by atoms with van der Waals surface area (Å²) in [6.45, 7) is 13.9. The van der Waals surface area contributed by atoms with Gasteiger partial charge in [0.25, 0.3) is 0 Å². The molecule has 0 fully saturated rings. The highest BCUT2D eigenvalue weighted by molar-refractivity contribution is 6.22. The Morgan fingerprint density at radius 3 is 1.41 bits per heavy atom. The number of hydrogen-bond acceptors (Lipinski definition) is 0. The van der Waals surface area contributed by atoms with Crippen LogP contribution in [-0.2, 0) is 10.8 Å². The van der Waals surface area contributed by atoms with Crippen LogP contribution in [0.3, 0.4) is 0 Å². The van der Waals surface area contributed by atoms with Gasteiger partial charge in [-0.05, 0) is 145 Å². The van der Waals surface area contributed by atoms with Gasteiger partial charge in [-0.3, -0.25) is 0 Å². The van der Waals surface area contributed by atoms with Crippen molar-refractivity contribution in [2.45, 2.75) is 52.4 Å². The maximum Gasteiger partial charge on any atom is -0.00260 e. The molecule has 0 aromatic heterocycles. The second-order valence-corrected chi connectivity index (χ2v) is 18.2. The summed E-state index contributed by atoms with van der Waals surface area (Å²) in [6, 6.07) is 68.4. The van der Waals surface area contributed by atoms with Gasteiger partial charge in [0.15, 0.2) is 0 Å². The fourth-order valence-corrected chi connectivity index (χ4v) is 9.12. The van der Waals surface area contributed by atoms with Crippen molar-refractivity contribution in [1.29, 1.82) is 0 Å². The minimum absolute atomic E-state index is 0.00375. The largest absolute Gasteiger partial charge is 0.0616 e. The van der Waals surface area contributed by atoms with E-state index in [9.17, 15) is 0 Å². The molecule has 0 heteroatoms. The quantitative estimate of drug-likeness (QED) is 0.124. The van der Waals surface area contributed by atoms with Gasteiger partial charge in [-0.15, -0.1) is 0 Å². The monoisotopic (exact) mass is 744 g/mol. The number of benzene rings is 10. The van der Waals surface area contributed by atoms with E-state index in [-0.39, 0.29) is 10.8 Å². The molecule has 0 atom stereocenters. The maximum atomic E-state index is 2.48. The molecule has 0 saturated heterocycles. The molecule has 0 nitrogen and oxygen atoms in total. The van der Waals surface area contributed by atoms with Crippen LogP contribution in [0, 0.1) is 0 Å². The van der Waals surface area contributed by atoms with Crippen LogP contribution in [0.25, 0.3) is 98.4 Å². The van der Waals surface area contributed by atoms with Gasteiger partial charge in [-0.1, -0.05) is 199 Å². The van der Waals surface area contributed by atoms with E-state index < -0.39 is 0 Å². The van der Waals surface area contributed by atoms with Crippen LogP contribution in [0.2, 0.25) is 0 Å². The Balaban J connectivity index is 1.20. The molecule has 0 N–H and O–H groups in total. The predicted octanol–water partition coefficient (Wildman–Crippen LogP) is 16.7. The second kappa shape index (κ2) is 13.6.